The van der Waals surface area contributed by atoms with Gasteiger partial charge < -0.3 is 20.3 Å². The van der Waals surface area contributed by atoms with Crippen molar-refractivity contribution in [1.29, 1.82) is 0 Å². The average Bonchev–Trinajstić information content (AvgIpc) is 2.52. The first kappa shape index (κ1) is 19.3. The summed E-state index contributed by atoms with van der Waals surface area (Å²) in [6, 6.07) is 4.98. The fourth-order valence-electron chi connectivity index (χ4n) is 2.48. The van der Waals surface area contributed by atoms with Crippen LogP contribution in [0, 0.1) is 0 Å². The van der Waals surface area contributed by atoms with Crippen LogP contribution in [-0.4, -0.2) is 50.3 Å². The van der Waals surface area contributed by atoms with Crippen LogP contribution in [0.15, 0.2) is 18.2 Å². The van der Waals surface area contributed by atoms with Crippen LogP contribution < -0.4 is 20.9 Å². The molecule has 0 spiro atoms. The molecular weight excluding hydrogens is 344 g/mol. The smallest absolute Gasteiger partial charge is 0.321 e. The minimum Gasteiger partial charge on any atom is -0.378 e. The highest BCUT2D eigenvalue weighted by Gasteiger charge is 2.19. The van der Waals surface area contributed by atoms with Gasteiger partial charge >= 0.3 is 6.03 Å². The molecule has 1 saturated heterocycles. The second kappa shape index (κ2) is 8.40. The van der Waals surface area contributed by atoms with Gasteiger partial charge in [0.2, 0.25) is 5.91 Å². The normalized spacial score (nSPS) is 14.8. The molecule has 0 bridgehead atoms. The van der Waals surface area contributed by atoms with E-state index in [2.05, 4.69) is 20.9 Å². The number of para-hydroxylation sites is 1. The number of halogens is 1. The number of rotatable bonds is 4. The Hall–Kier alpha value is -1.99. The molecule has 1 aromatic carbocycles. The number of carbonyl (C=O) groups is 2. The van der Waals surface area contributed by atoms with Crippen LogP contribution in [0.1, 0.15) is 20.8 Å². The fourth-order valence-corrected chi connectivity index (χ4v) is 2.78. The third-order valence-corrected chi connectivity index (χ3v) is 3.80. The molecule has 0 saturated carbocycles. The Bertz CT molecular complexity index is 625. The van der Waals surface area contributed by atoms with Gasteiger partial charge in [-0.3, -0.25) is 10.1 Å². The molecule has 7 nitrogen and oxygen atoms in total. The third-order valence-electron chi connectivity index (χ3n) is 3.49. The number of hydrogen-bond acceptors (Lipinski definition) is 5. The molecule has 1 fully saturated rings. The molecular formula is C17H25ClN4O3. The molecule has 138 valence electrons. The lowest BCUT2D eigenvalue weighted by molar-refractivity contribution is -0.118. The van der Waals surface area contributed by atoms with Crippen LogP contribution in [-0.2, 0) is 9.53 Å². The number of ether oxygens (including phenoxy) is 1. The largest absolute Gasteiger partial charge is 0.378 e. The van der Waals surface area contributed by atoms with Gasteiger partial charge in [-0.25, -0.2) is 4.79 Å². The fraction of sp³-hybridized carbons (Fsp3) is 0.529. The highest BCUT2D eigenvalue weighted by Crippen LogP contribution is 2.34. The maximum Gasteiger partial charge on any atom is 0.321 e. The number of benzene rings is 1. The number of carbonyl (C=O) groups excluding carboxylic acids is 2. The van der Waals surface area contributed by atoms with Crippen molar-refractivity contribution in [2.45, 2.75) is 26.3 Å². The zero-order chi connectivity index (χ0) is 18.4. The lowest BCUT2D eigenvalue weighted by atomic mass is 10.1. The molecule has 1 aliphatic rings. The summed E-state index contributed by atoms with van der Waals surface area (Å²) >= 11 is 6.35. The number of nitrogens with zero attached hydrogens (tertiary/aromatic N) is 1. The number of amides is 3. The van der Waals surface area contributed by atoms with Crippen molar-refractivity contribution in [2.24, 2.45) is 0 Å². The molecule has 0 aromatic heterocycles. The molecule has 0 radical (unpaired) electrons. The van der Waals surface area contributed by atoms with E-state index in [4.69, 9.17) is 16.3 Å². The maximum absolute atomic E-state index is 12.0. The number of anilines is 2. The number of imide groups is 1. The Morgan fingerprint density at radius 3 is 2.56 bits per heavy atom. The van der Waals surface area contributed by atoms with Gasteiger partial charge in [-0.1, -0.05) is 17.7 Å². The summed E-state index contributed by atoms with van der Waals surface area (Å²) < 4.78 is 5.37. The van der Waals surface area contributed by atoms with Gasteiger partial charge in [0.1, 0.15) is 0 Å². The van der Waals surface area contributed by atoms with Gasteiger partial charge in [0.25, 0.3) is 0 Å². The van der Waals surface area contributed by atoms with Gasteiger partial charge in [-0.15, -0.1) is 0 Å². The molecule has 3 amide bonds. The molecule has 0 atom stereocenters. The summed E-state index contributed by atoms with van der Waals surface area (Å²) in [7, 11) is 0. The van der Waals surface area contributed by atoms with Crippen LogP contribution in [0.5, 0.6) is 0 Å². The van der Waals surface area contributed by atoms with Crippen molar-refractivity contribution < 1.29 is 14.3 Å². The van der Waals surface area contributed by atoms with Crippen molar-refractivity contribution in [3.05, 3.63) is 23.2 Å². The monoisotopic (exact) mass is 368 g/mol. The van der Waals surface area contributed by atoms with Crippen molar-refractivity contribution in [3.63, 3.8) is 0 Å². The average molecular weight is 369 g/mol. The predicted octanol–water partition coefficient (Wildman–Crippen LogP) is 2.21. The van der Waals surface area contributed by atoms with E-state index in [1.54, 1.807) is 0 Å². The van der Waals surface area contributed by atoms with E-state index in [-0.39, 0.29) is 6.54 Å². The Kier molecular flexibility index (Phi) is 6.50. The maximum atomic E-state index is 12.0. The van der Waals surface area contributed by atoms with E-state index in [0.717, 1.165) is 24.5 Å². The molecule has 0 unspecified atom stereocenters. The quantitative estimate of drug-likeness (QED) is 0.759. The second-order valence-electron chi connectivity index (χ2n) is 6.84. The molecule has 25 heavy (non-hydrogen) atoms. The van der Waals surface area contributed by atoms with Crippen LogP contribution in [0.2, 0.25) is 5.02 Å². The molecule has 0 aliphatic carbocycles. The van der Waals surface area contributed by atoms with E-state index >= 15 is 0 Å². The second-order valence-corrected chi connectivity index (χ2v) is 7.25. The van der Waals surface area contributed by atoms with E-state index in [9.17, 15) is 9.59 Å². The van der Waals surface area contributed by atoms with Crippen LogP contribution in [0.4, 0.5) is 16.2 Å². The van der Waals surface area contributed by atoms with Crippen molar-refractivity contribution in [3.8, 4) is 0 Å². The number of urea groups is 1. The number of nitrogens with one attached hydrogen (secondary N) is 3. The zero-order valence-electron chi connectivity index (χ0n) is 14.8. The van der Waals surface area contributed by atoms with Gasteiger partial charge in [0.05, 0.1) is 36.2 Å². The highest BCUT2D eigenvalue weighted by molar-refractivity contribution is 6.34. The Labute approximate surface area is 153 Å². The molecule has 1 aliphatic heterocycles. The van der Waals surface area contributed by atoms with Crippen LogP contribution >= 0.6 is 11.6 Å². The van der Waals surface area contributed by atoms with E-state index in [1.165, 1.54) is 0 Å². The predicted molar refractivity (Wildman–Crippen MR) is 99.4 cm³/mol. The SMILES string of the molecule is CC(C)(C)NC(=O)NC(=O)CNc1cccc(Cl)c1N1CCOCC1. The van der Waals surface area contributed by atoms with Gasteiger partial charge in [-0.05, 0) is 32.9 Å². The molecule has 3 N–H and O–H groups in total. The van der Waals surface area contributed by atoms with Gasteiger partial charge in [-0.2, -0.15) is 0 Å². The Morgan fingerprint density at radius 1 is 1.24 bits per heavy atom. The Morgan fingerprint density at radius 2 is 1.92 bits per heavy atom. The number of hydrogen-bond donors (Lipinski definition) is 3. The summed E-state index contributed by atoms with van der Waals surface area (Å²) in [6.07, 6.45) is 0. The summed E-state index contributed by atoms with van der Waals surface area (Å²) in [5.74, 6) is -0.422. The molecule has 1 heterocycles. The summed E-state index contributed by atoms with van der Waals surface area (Å²) in [6.45, 7) is 8.24. The Balaban J connectivity index is 1.97. The first-order valence-electron chi connectivity index (χ1n) is 8.23. The van der Waals surface area contributed by atoms with Crippen molar-refractivity contribution >= 4 is 34.9 Å². The highest BCUT2D eigenvalue weighted by atomic mass is 35.5. The molecule has 8 heteroatoms. The van der Waals surface area contributed by atoms with E-state index in [1.807, 2.05) is 39.0 Å². The first-order chi connectivity index (χ1) is 11.8. The third kappa shape index (κ3) is 6.10. The molecule has 2 rings (SSSR count). The topological polar surface area (TPSA) is 82.7 Å². The van der Waals surface area contributed by atoms with Gasteiger partial charge in [0, 0.05) is 18.6 Å². The van der Waals surface area contributed by atoms with Crippen molar-refractivity contribution in [1.82, 2.24) is 10.6 Å². The van der Waals surface area contributed by atoms with E-state index < -0.39 is 17.5 Å². The summed E-state index contributed by atoms with van der Waals surface area (Å²) in [5.41, 5.74) is 1.19. The summed E-state index contributed by atoms with van der Waals surface area (Å²) in [5, 5.41) is 8.65. The number of morpholine rings is 1. The summed E-state index contributed by atoms with van der Waals surface area (Å²) in [4.78, 5) is 25.8. The molecule has 1 aromatic rings. The van der Waals surface area contributed by atoms with Crippen LogP contribution in [0.3, 0.4) is 0 Å². The zero-order valence-corrected chi connectivity index (χ0v) is 15.6. The van der Waals surface area contributed by atoms with E-state index in [0.29, 0.717) is 18.2 Å². The lowest BCUT2D eigenvalue weighted by Gasteiger charge is -2.31. The standard InChI is InChI=1S/C17H25ClN4O3/c1-17(2,3)21-16(24)20-14(23)11-19-13-6-4-5-12(18)15(13)22-7-9-25-10-8-22/h4-6,19H,7-11H2,1-3H3,(H2,20,21,23,24). The van der Waals surface area contributed by atoms with Crippen LogP contribution in [0.25, 0.3) is 0 Å². The minimum absolute atomic E-state index is 0.0325. The van der Waals surface area contributed by atoms with Crippen molar-refractivity contribution in [2.75, 3.05) is 43.1 Å². The first-order valence-corrected chi connectivity index (χ1v) is 8.61. The lowest BCUT2D eigenvalue weighted by Crippen LogP contribution is -2.49. The van der Waals surface area contributed by atoms with Gasteiger partial charge in [0.15, 0.2) is 0 Å². The minimum atomic E-state index is -0.515.